The van der Waals surface area contributed by atoms with Crippen molar-refractivity contribution in [2.75, 3.05) is 11.9 Å². The maximum atomic E-state index is 13.0. The van der Waals surface area contributed by atoms with Gasteiger partial charge < -0.3 is 10.1 Å². The minimum Gasteiger partial charge on any atom is -0.463 e. The second-order valence-electron chi connectivity index (χ2n) is 9.46. The van der Waals surface area contributed by atoms with E-state index in [4.69, 9.17) is 4.74 Å². The van der Waals surface area contributed by atoms with Gasteiger partial charge in [0.25, 0.3) is 5.91 Å². The first kappa shape index (κ1) is 23.8. The van der Waals surface area contributed by atoms with Crippen molar-refractivity contribution in [3.05, 3.63) is 59.7 Å². The molecule has 4 nitrogen and oxygen atoms in total. The van der Waals surface area contributed by atoms with Gasteiger partial charge in [-0.05, 0) is 30.7 Å². The van der Waals surface area contributed by atoms with E-state index in [1.54, 1.807) is 13.0 Å². The van der Waals surface area contributed by atoms with E-state index in [1.165, 1.54) is 16.4 Å². The van der Waals surface area contributed by atoms with Crippen molar-refractivity contribution >= 4 is 50.2 Å². The molecule has 0 fully saturated rings. The van der Waals surface area contributed by atoms with Crippen LogP contribution >= 0.6 is 0 Å². The van der Waals surface area contributed by atoms with E-state index >= 15 is 0 Å². The lowest BCUT2D eigenvalue weighted by Crippen LogP contribution is -2.46. The quantitative estimate of drug-likeness (QED) is 0.389. The Morgan fingerprint density at radius 2 is 1.43 bits per heavy atom. The van der Waals surface area contributed by atoms with Gasteiger partial charge in [0.1, 0.15) is 0 Å². The molecule has 0 unspecified atom stereocenters. The van der Waals surface area contributed by atoms with Gasteiger partial charge >= 0.3 is 5.97 Å². The lowest BCUT2D eigenvalue weighted by molar-refractivity contribution is -0.137. The van der Waals surface area contributed by atoms with Crippen LogP contribution in [0.2, 0.25) is 39.3 Å². The molecular weight excluding hydrogens is 406 g/mol. The summed E-state index contributed by atoms with van der Waals surface area (Å²) in [6.45, 7) is 16.0. The standard InChI is InChI=1S/C24H33NO3Si2/c1-8-28-23(26)14-11-18-9-12-20(13-10-18)25-24(27)19-15-21(29(2,3)4)17-22(16-19)30(5,6)7/h9-17H,8H2,1-7H3,(H,25,27)/b14-11+. The number of rotatable bonds is 7. The van der Waals surface area contributed by atoms with E-state index < -0.39 is 16.1 Å². The zero-order chi connectivity index (χ0) is 22.5. The molecule has 0 bridgehead atoms. The minimum absolute atomic E-state index is 0.0931. The van der Waals surface area contributed by atoms with Crippen LogP contribution in [0.4, 0.5) is 5.69 Å². The number of ether oxygens (including phenoxy) is 1. The van der Waals surface area contributed by atoms with Crippen LogP contribution < -0.4 is 15.7 Å². The monoisotopic (exact) mass is 439 g/mol. The van der Waals surface area contributed by atoms with Crippen LogP contribution in [0.1, 0.15) is 22.8 Å². The molecule has 0 aliphatic carbocycles. The molecule has 0 aliphatic rings. The fourth-order valence-electron chi connectivity index (χ4n) is 2.86. The summed E-state index contributed by atoms with van der Waals surface area (Å²) >= 11 is 0. The SMILES string of the molecule is CCOC(=O)/C=C/c1ccc(NC(=O)c2cc([Si](C)(C)C)cc([Si](C)(C)C)c2)cc1. The number of anilines is 1. The molecule has 30 heavy (non-hydrogen) atoms. The zero-order valence-corrected chi connectivity index (χ0v) is 21.1. The molecule has 0 spiro atoms. The summed E-state index contributed by atoms with van der Waals surface area (Å²) in [6.07, 6.45) is 3.10. The van der Waals surface area contributed by atoms with Crippen molar-refractivity contribution in [2.45, 2.75) is 46.2 Å². The smallest absolute Gasteiger partial charge is 0.330 e. The highest BCUT2D eigenvalue weighted by Gasteiger charge is 2.24. The van der Waals surface area contributed by atoms with Crippen LogP contribution in [0.15, 0.2) is 48.5 Å². The number of hydrogen-bond acceptors (Lipinski definition) is 3. The van der Waals surface area contributed by atoms with E-state index in [2.05, 4.69) is 62.8 Å². The number of amides is 1. The molecule has 0 atom stereocenters. The maximum Gasteiger partial charge on any atom is 0.330 e. The fourth-order valence-corrected chi connectivity index (χ4v) is 5.36. The number of nitrogens with one attached hydrogen (secondary N) is 1. The third-order valence-corrected chi connectivity index (χ3v) is 8.84. The van der Waals surface area contributed by atoms with Crippen molar-refractivity contribution in [3.63, 3.8) is 0 Å². The second kappa shape index (κ2) is 9.58. The molecule has 0 saturated carbocycles. The summed E-state index contributed by atoms with van der Waals surface area (Å²) in [5, 5.41) is 5.63. The van der Waals surface area contributed by atoms with E-state index in [0.717, 1.165) is 16.8 Å². The summed E-state index contributed by atoms with van der Waals surface area (Å²) in [4.78, 5) is 24.4. The summed E-state index contributed by atoms with van der Waals surface area (Å²) in [5.74, 6) is -0.459. The van der Waals surface area contributed by atoms with Crippen molar-refractivity contribution in [2.24, 2.45) is 0 Å². The van der Waals surface area contributed by atoms with Gasteiger partial charge in [0.05, 0.1) is 22.8 Å². The number of carbonyl (C=O) groups is 2. The van der Waals surface area contributed by atoms with Crippen LogP contribution in [0.5, 0.6) is 0 Å². The molecule has 0 radical (unpaired) electrons. The molecule has 1 amide bonds. The Kier molecular flexibility index (Phi) is 7.61. The number of hydrogen-bond donors (Lipinski definition) is 1. The Hall–Kier alpha value is -2.45. The summed E-state index contributed by atoms with van der Waals surface area (Å²) in [5.41, 5.74) is 2.31. The molecule has 2 aromatic carbocycles. The molecule has 0 saturated heterocycles. The van der Waals surface area contributed by atoms with Gasteiger partial charge in [-0.15, -0.1) is 0 Å². The van der Waals surface area contributed by atoms with E-state index in [0.29, 0.717) is 6.61 Å². The van der Waals surface area contributed by atoms with E-state index in [9.17, 15) is 9.59 Å². The van der Waals surface area contributed by atoms with Crippen LogP contribution in [-0.2, 0) is 9.53 Å². The van der Waals surface area contributed by atoms with Gasteiger partial charge in [-0.3, -0.25) is 4.79 Å². The summed E-state index contributed by atoms with van der Waals surface area (Å²) in [6, 6.07) is 13.8. The Bertz CT molecular complexity index is 904. The Morgan fingerprint density at radius 3 is 1.90 bits per heavy atom. The highest BCUT2D eigenvalue weighted by Crippen LogP contribution is 2.14. The molecule has 6 heteroatoms. The van der Waals surface area contributed by atoms with Gasteiger partial charge in [-0.2, -0.15) is 0 Å². The van der Waals surface area contributed by atoms with Crippen LogP contribution in [0.25, 0.3) is 6.08 Å². The molecule has 1 N–H and O–H groups in total. The minimum atomic E-state index is -1.55. The summed E-state index contributed by atoms with van der Waals surface area (Å²) < 4.78 is 4.88. The highest BCUT2D eigenvalue weighted by atomic mass is 28.3. The van der Waals surface area contributed by atoms with Gasteiger partial charge in [0, 0.05) is 17.3 Å². The van der Waals surface area contributed by atoms with Gasteiger partial charge in [0.15, 0.2) is 0 Å². The highest BCUT2D eigenvalue weighted by molar-refractivity contribution is 6.91. The normalized spacial score (nSPS) is 12.1. The maximum absolute atomic E-state index is 13.0. The summed E-state index contributed by atoms with van der Waals surface area (Å²) in [7, 11) is -3.10. The van der Waals surface area contributed by atoms with Gasteiger partial charge in [-0.1, -0.05) is 80.0 Å². The Morgan fingerprint density at radius 1 is 0.900 bits per heavy atom. The molecule has 2 rings (SSSR count). The number of esters is 1. The van der Waals surface area contributed by atoms with E-state index in [-0.39, 0.29) is 11.9 Å². The molecule has 0 aliphatic heterocycles. The lowest BCUT2D eigenvalue weighted by Gasteiger charge is -2.24. The molecule has 2 aromatic rings. The lowest BCUT2D eigenvalue weighted by atomic mass is 10.1. The van der Waals surface area contributed by atoms with E-state index in [1.807, 2.05) is 24.3 Å². The van der Waals surface area contributed by atoms with Crippen molar-refractivity contribution in [3.8, 4) is 0 Å². The topological polar surface area (TPSA) is 55.4 Å². The third kappa shape index (κ3) is 6.81. The first-order valence-electron chi connectivity index (χ1n) is 10.3. The molecule has 160 valence electrons. The first-order valence-corrected chi connectivity index (χ1v) is 17.3. The first-order chi connectivity index (χ1) is 13.9. The fraction of sp³-hybridized carbons (Fsp3) is 0.333. The van der Waals surface area contributed by atoms with Crippen LogP contribution in [0.3, 0.4) is 0 Å². The van der Waals surface area contributed by atoms with Crippen molar-refractivity contribution in [1.29, 1.82) is 0 Å². The largest absolute Gasteiger partial charge is 0.463 e. The Labute approximate surface area is 182 Å². The third-order valence-electron chi connectivity index (χ3n) is 4.79. The van der Waals surface area contributed by atoms with Crippen molar-refractivity contribution in [1.82, 2.24) is 0 Å². The predicted molar refractivity (Wildman–Crippen MR) is 132 cm³/mol. The van der Waals surface area contributed by atoms with Crippen LogP contribution in [0, 0.1) is 0 Å². The molecule has 0 heterocycles. The number of carbonyl (C=O) groups excluding carboxylic acids is 2. The van der Waals surface area contributed by atoms with Crippen LogP contribution in [-0.4, -0.2) is 34.6 Å². The zero-order valence-electron chi connectivity index (χ0n) is 19.1. The Balaban J connectivity index is 2.22. The number of benzene rings is 2. The van der Waals surface area contributed by atoms with Gasteiger partial charge in [-0.25, -0.2) is 4.79 Å². The van der Waals surface area contributed by atoms with Crippen molar-refractivity contribution < 1.29 is 14.3 Å². The second-order valence-corrected chi connectivity index (χ2v) is 19.6. The molecular formula is C24H33NO3Si2. The average molecular weight is 440 g/mol. The van der Waals surface area contributed by atoms with Gasteiger partial charge in [0.2, 0.25) is 0 Å². The molecule has 0 aromatic heterocycles. The average Bonchev–Trinajstić information content (AvgIpc) is 2.66. The predicted octanol–water partition coefficient (Wildman–Crippen LogP) is 4.61.